The number of imidazole rings is 1. The average Bonchev–Trinajstić information content (AvgIpc) is 2.98. The van der Waals surface area contributed by atoms with E-state index in [1.165, 1.54) is 0 Å². The second kappa shape index (κ2) is 7.43. The lowest BCUT2D eigenvalue weighted by atomic mass is 10.1. The van der Waals surface area contributed by atoms with Gasteiger partial charge in [0, 0.05) is 11.8 Å². The molecule has 0 unspecified atom stereocenters. The van der Waals surface area contributed by atoms with Crippen LogP contribution in [0.5, 0.6) is 11.5 Å². The third-order valence-corrected chi connectivity index (χ3v) is 4.26. The number of halogens is 2. The molecule has 3 aromatic rings. The predicted octanol–water partition coefficient (Wildman–Crippen LogP) is 4.07. The Bertz CT molecular complexity index is 970. The van der Waals surface area contributed by atoms with Gasteiger partial charge in [-0.2, -0.15) is 0 Å². The zero-order chi connectivity index (χ0) is 18.8. The third kappa shape index (κ3) is 3.43. The zero-order valence-corrected chi connectivity index (χ0v) is 15.9. The lowest BCUT2D eigenvalue weighted by Gasteiger charge is -2.11. The molecule has 0 saturated carbocycles. The van der Waals surface area contributed by atoms with Crippen LogP contribution in [-0.4, -0.2) is 34.3 Å². The second-order valence-electron chi connectivity index (χ2n) is 5.60. The molecule has 0 aliphatic carbocycles. The first kappa shape index (κ1) is 18.4. The standard InChI is InChI=1S/C18H17Cl2N3O3/c1-10-4-7-14-21-15(11-5-6-12(25-2)13(8-11)26-3)17(23(14)9-10)22-18(24)16(19)20/h4-9,16H,1-3H3,(H,22,24). The van der Waals surface area contributed by atoms with Crippen molar-refractivity contribution in [3.63, 3.8) is 0 Å². The van der Waals surface area contributed by atoms with Gasteiger partial charge in [-0.1, -0.05) is 29.3 Å². The van der Waals surface area contributed by atoms with Crippen molar-refractivity contribution in [1.29, 1.82) is 0 Å². The normalized spacial score (nSPS) is 11.0. The Kier molecular flexibility index (Phi) is 5.25. The van der Waals surface area contributed by atoms with Gasteiger partial charge in [0.25, 0.3) is 5.91 Å². The molecule has 2 aromatic heterocycles. The molecule has 0 radical (unpaired) electrons. The molecular weight excluding hydrogens is 377 g/mol. The lowest BCUT2D eigenvalue weighted by Crippen LogP contribution is -2.20. The van der Waals surface area contributed by atoms with E-state index in [1.54, 1.807) is 30.8 Å². The summed E-state index contributed by atoms with van der Waals surface area (Å²) in [5.41, 5.74) is 3.01. The molecule has 6 nitrogen and oxygen atoms in total. The van der Waals surface area contributed by atoms with E-state index in [0.717, 1.165) is 11.1 Å². The van der Waals surface area contributed by atoms with Crippen LogP contribution >= 0.6 is 23.2 Å². The fraction of sp³-hybridized carbons (Fsp3) is 0.222. The third-order valence-electron chi connectivity index (χ3n) is 3.86. The van der Waals surface area contributed by atoms with Gasteiger partial charge in [-0.25, -0.2) is 4.98 Å². The van der Waals surface area contributed by atoms with E-state index < -0.39 is 10.7 Å². The van der Waals surface area contributed by atoms with Crippen LogP contribution in [0.25, 0.3) is 16.9 Å². The minimum absolute atomic E-state index is 0.479. The van der Waals surface area contributed by atoms with Crippen molar-refractivity contribution in [2.24, 2.45) is 0 Å². The summed E-state index contributed by atoms with van der Waals surface area (Å²) in [6.07, 6.45) is 1.87. The Labute approximate surface area is 160 Å². The minimum Gasteiger partial charge on any atom is -0.493 e. The number of fused-ring (bicyclic) bond motifs is 1. The molecule has 3 rings (SSSR count). The van der Waals surface area contributed by atoms with Crippen molar-refractivity contribution >= 4 is 40.6 Å². The van der Waals surface area contributed by atoms with E-state index in [2.05, 4.69) is 10.3 Å². The number of carbonyl (C=O) groups excluding carboxylic acids is 1. The number of amides is 1. The number of aromatic nitrogens is 2. The molecule has 0 atom stereocenters. The summed E-state index contributed by atoms with van der Waals surface area (Å²) in [6, 6.07) is 9.22. The van der Waals surface area contributed by atoms with Crippen LogP contribution in [0.4, 0.5) is 5.82 Å². The molecule has 8 heteroatoms. The highest BCUT2D eigenvalue weighted by Crippen LogP contribution is 2.35. The molecule has 0 bridgehead atoms. The van der Waals surface area contributed by atoms with Gasteiger partial charge in [0.2, 0.25) is 0 Å². The largest absolute Gasteiger partial charge is 0.493 e. The second-order valence-corrected chi connectivity index (χ2v) is 6.70. The molecular formula is C18H17Cl2N3O3. The van der Waals surface area contributed by atoms with Gasteiger partial charge in [0.15, 0.2) is 16.3 Å². The van der Waals surface area contributed by atoms with Crippen LogP contribution < -0.4 is 14.8 Å². The van der Waals surface area contributed by atoms with E-state index >= 15 is 0 Å². The van der Waals surface area contributed by atoms with Crippen molar-refractivity contribution in [2.75, 3.05) is 19.5 Å². The van der Waals surface area contributed by atoms with Crippen molar-refractivity contribution in [1.82, 2.24) is 9.38 Å². The van der Waals surface area contributed by atoms with E-state index in [-0.39, 0.29) is 0 Å². The fourth-order valence-electron chi connectivity index (χ4n) is 2.63. The van der Waals surface area contributed by atoms with E-state index in [1.807, 2.05) is 31.3 Å². The van der Waals surface area contributed by atoms with Crippen molar-refractivity contribution in [3.05, 3.63) is 42.1 Å². The SMILES string of the molecule is COc1ccc(-c2nc3ccc(C)cn3c2NC(=O)C(Cl)Cl)cc1OC. The number of aryl methyl sites for hydroxylation is 1. The number of nitrogens with zero attached hydrogens (tertiary/aromatic N) is 2. The first-order valence-corrected chi connectivity index (χ1v) is 8.62. The highest BCUT2D eigenvalue weighted by molar-refractivity contribution is 6.54. The lowest BCUT2D eigenvalue weighted by molar-refractivity contribution is -0.114. The van der Waals surface area contributed by atoms with Gasteiger partial charge in [0.05, 0.1) is 14.2 Å². The molecule has 0 aliphatic rings. The van der Waals surface area contributed by atoms with Gasteiger partial charge in [-0.05, 0) is 36.8 Å². The summed E-state index contributed by atoms with van der Waals surface area (Å²) in [4.78, 5) is 15.5. The average molecular weight is 394 g/mol. The molecule has 0 saturated heterocycles. The number of ether oxygens (including phenoxy) is 2. The van der Waals surface area contributed by atoms with E-state index in [9.17, 15) is 4.79 Å². The number of hydrogen-bond acceptors (Lipinski definition) is 4. The van der Waals surface area contributed by atoms with Crippen molar-refractivity contribution < 1.29 is 14.3 Å². The maximum absolute atomic E-state index is 12.1. The van der Waals surface area contributed by atoms with Crippen LogP contribution in [-0.2, 0) is 4.79 Å². The quantitative estimate of drug-likeness (QED) is 0.663. The number of benzene rings is 1. The number of hydrogen-bond donors (Lipinski definition) is 1. The minimum atomic E-state index is -1.19. The smallest absolute Gasteiger partial charge is 0.258 e. The van der Waals surface area contributed by atoms with Gasteiger partial charge in [-0.15, -0.1) is 0 Å². The number of methoxy groups -OCH3 is 2. The number of anilines is 1. The van der Waals surface area contributed by atoms with Gasteiger partial charge in [0.1, 0.15) is 17.2 Å². The summed E-state index contributed by atoms with van der Waals surface area (Å²) in [5, 5.41) is 2.75. The summed E-state index contributed by atoms with van der Waals surface area (Å²) in [6.45, 7) is 1.95. The molecule has 0 fully saturated rings. The van der Waals surface area contributed by atoms with Gasteiger partial charge < -0.3 is 14.8 Å². The Balaban J connectivity index is 2.20. The number of carbonyl (C=O) groups is 1. The highest BCUT2D eigenvalue weighted by atomic mass is 35.5. The molecule has 1 aromatic carbocycles. The van der Waals surface area contributed by atoms with Crippen LogP contribution in [0.2, 0.25) is 0 Å². The Hall–Kier alpha value is -2.44. The molecule has 136 valence electrons. The molecule has 1 N–H and O–H groups in total. The van der Waals surface area contributed by atoms with Gasteiger partial charge >= 0.3 is 0 Å². The molecule has 0 aliphatic heterocycles. The number of rotatable bonds is 5. The topological polar surface area (TPSA) is 64.9 Å². The summed E-state index contributed by atoms with van der Waals surface area (Å²) < 4.78 is 12.4. The molecule has 2 heterocycles. The molecule has 26 heavy (non-hydrogen) atoms. The van der Waals surface area contributed by atoms with Crippen LogP contribution in [0.1, 0.15) is 5.56 Å². The maximum Gasteiger partial charge on any atom is 0.258 e. The van der Waals surface area contributed by atoms with E-state index in [4.69, 9.17) is 32.7 Å². The first-order chi connectivity index (χ1) is 12.4. The Morgan fingerprint density at radius 2 is 1.88 bits per heavy atom. The highest BCUT2D eigenvalue weighted by Gasteiger charge is 2.20. The number of alkyl halides is 2. The first-order valence-electron chi connectivity index (χ1n) is 7.74. The predicted molar refractivity (Wildman–Crippen MR) is 103 cm³/mol. The number of pyridine rings is 1. The van der Waals surface area contributed by atoms with Crippen molar-refractivity contribution in [2.45, 2.75) is 11.8 Å². The maximum atomic E-state index is 12.1. The molecule has 1 amide bonds. The fourth-order valence-corrected chi connectivity index (χ4v) is 2.74. The summed E-state index contributed by atoms with van der Waals surface area (Å²) in [5.74, 6) is 1.11. The Morgan fingerprint density at radius 1 is 1.15 bits per heavy atom. The Morgan fingerprint density at radius 3 is 2.54 bits per heavy atom. The van der Waals surface area contributed by atoms with Crippen LogP contribution in [0.3, 0.4) is 0 Å². The van der Waals surface area contributed by atoms with Crippen LogP contribution in [0, 0.1) is 6.92 Å². The van der Waals surface area contributed by atoms with E-state index in [0.29, 0.717) is 28.7 Å². The monoisotopic (exact) mass is 393 g/mol. The summed E-state index contributed by atoms with van der Waals surface area (Å²) >= 11 is 11.4. The molecule has 0 spiro atoms. The van der Waals surface area contributed by atoms with Crippen molar-refractivity contribution in [3.8, 4) is 22.8 Å². The zero-order valence-electron chi connectivity index (χ0n) is 14.4. The summed E-state index contributed by atoms with van der Waals surface area (Å²) in [7, 11) is 3.13. The van der Waals surface area contributed by atoms with Gasteiger partial charge in [-0.3, -0.25) is 9.20 Å². The number of nitrogens with one attached hydrogen (secondary N) is 1. The van der Waals surface area contributed by atoms with Crippen LogP contribution in [0.15, 0.2) is 36.5 Å².